The fourth-order valence-corrected chi connectivity index (χ4v) is 6.94. The summed E-state index contributed by atoms with van der Waals surface area (Å²) in [6.07, 6.45) is 7.27. The Morgan fingerprint density at radius 1 is 1.26 bits per heavy atom. The average Bonchev–Trinajstić information content (AvgIpc) is 3.37. The van der Waals surface area contributed by atoms with E-state index in [4.69, 9.17) is 4.98 Å². The molecule has 6 nitrogen and oxygen atoms in total. The third-order valence-corrected chi connectivity index (χ3v) is 8.50. The monoisotopic (exact) mass is 449 g/mol. The minimum absolute atomic E-state index is 0.116. The number of rotatable bonds is 3. The molecule has 4 aromatic rings. The third kappa shape index (κ3) is 3.24. The first-order chi connectivity index (χ1) is 15.2. The van der Waals surface area contributed by atoms with Crippen LogP contribution in [-0.4, -0.2) is 37.8 Å². The number of fused-ring (bicyclic) bond motifs is 6. The summed E-state index contributed by atoms with van der Waals surface area (Å²) in [6.45, 7) is 3.10. The van der Waals surface area contributed by atoms with Gasteiger partial charge in [-0.2, -0.15) is 0 Å². The van der Waals surface area contributed by atoms with Gasteiger partial charge in [-0.3, -0.25) is 9.20 Å². The van der Waals surface area contributed by atoms with Crippen LogP contribution in [-0.2, 0) is 24.1 Å². The Labute approximate surface area is 188 Å². The van der Waals surface area contributed by atoms with E-state index in [2.05, 4.69) is 23.2 Å². The molecule has 1 aliphatic carbocycles. The van der Waals surface area contributed by atoms with Crippen molar-refractivity contribution in [2.75, 3.05) is 17.2 Å². The van der Waals surface area contributed by atoms with Crippen LogP contribution in [0.2, 0.25) is 0 Å². The SMILES string of the molecule is C[C@H]1CCc2c(sc3ncn4c(SCC(=O)N5CCCc6ccccc65)nnc4c23)C1. The van der Waals surface area contributed by atoms with E-state index in [0.717, 1.165) is 64.9 Å². The second-order valence-electron chi connectivity index (χ2n) is 8.52. The lowest BCUT2D eigenvalue weighted by Crippen LogP contribution is -2.36. The van der Waals surface area contributed by atoms with Crippen LogP contribution in [0.5, 0.6) is 0 Å². The van der Waals surface area contributed by atoms with Gasteiger partial charge in [0.2, 0.25) is 5.91 Å². The van der Waals surface area contributed by atoms with E-state index in [0.29, 0.717) is 5.75 Å². The largest absolute Gasteiger partial charge is 0.311 e. The standard InChI is InChI=1S/C23H23N5OS2/c1-14-8-9-16-18(11-14)31-22-20(16)21-25-26-23(28(21)13-24-22)30-12-19(29)27-10-4-6-15-5-2-3-7-17(15)27/h2-3,5,7,13-14H,4,6,8-12H2,1H3/t14-/m0/s1. The van der Waals surface area contributed by atoms with Crippen molar-refractivity contribution >= 4 is 50.6 Å². The van der Waals surface area contributed by atoms with Gasteiger partial charge in [-0.05, 0) is 55.2 Å². The summed E-state index contributed by atoms with van der Waals surface area (Å²) in [5, 5.41) is 10.8. The minimum Gasteiger partial charge on any atom is -0.311 e. The van der Waals surface area contributed by atoms with Crippen LogP contribution in [0.4, 0.5) is 5.69 Å². The Morgan fingerprint density at radius 2 is 2.16 bits per heavy atom. The molecule has 0 N–H and O–H groups in total. The van der Waals surface area contributed by atoms with Gasteiger partial charge >= 0.3 is 0 Å². The van der Waals surface area contributed by atoms with Crippen LogP contribution in [0.25, 0.3) is 15.9 Å². The first-order valence-electron chi connectivity index (χ1n) is 10.8. The summed E-state index contributed by atoms with van der Waals surface area (Å²) in [4.78, 5) is 22.2. The molecular weight excluding hydrogens is 426 g/mol. The first kappa shape index (κ1) is 19.3. The van der Waals surface area contributed by atoms with E-state index >= 15 is 0 Å². The van der Waals surface area contributed by atoms with Crippen molar-refractivity contribution in [1.29, 1.82) is 0 Å². The highest BCUT2D eigenvalue weighted by atomic mass is 32.2. The first-order valence-corrected chi connectivity index (χ1v) is 12.6. The number of aryl methyl sites for hydroxylation is 2. The molecule has 0 unspecified atom stereocenters. The normalized spacial score (nSPS) is 18.4. The van der Waals surface area contributed by atoms with Crippen molar-refractivity contribution in [2.24, 2.45) is 5.92 Å². The van der Waals surface area contributed by atoms with Gasteiger partial charge in [0.1, 0.15) is 11.2 Å². The van der Waals surface area contributed by atoms with Crippen molar-refractivity contribution in [3.63, 3.8) is 0 Å². The van der Waals surface area contributed by atoms with E-state index in [1.165, 1.54) is 34.2 Å². The quantitative estimate of drug-likeness (QED) is 0.430. The fraction of sp³-hybridized carbons (Fsp3) is 0.391. The highest BCUT2D eigenvalue weighted by Crippen LogP contribution is 2.39. The molecule has 31 heavy (non-hydrogen) atoms. The summed E-state index contributed by atoms with van der Waals surface area (Å²) in [5.74, 6) is 1.18. The highest BCUT2D eigenvalue weighted by molar-refractivity contribution is 7.99. The number of benzene rings is 1. The summed E-state index contributed by atoms with van der Waals surface area (Å²) >= 11 is 3.24. The van der Waals surface area contributed by atoms with Crippen LogP contribution in [0.15, 0.2) is 35.7 Å². The molecule has 1 aliphatic heterocycles. The average molecular weight is 450 g/mol. The molecule has 0 saturated carbocycles. The number of thioether (sulfide) groups is 1. The van der Waals surface area contributed by atoms with Crippen LogP contribution < -0.4 is 4.90 Å². The van der Waals surface area contributed by atoms with Crippen LogP contribution >= 0.6 is 23.1 Å². The lowest BCUT2D eigenvalue weighted by atomic mass is 9.89. The van der Waals surface area contributed by atoms with Gasteiger partial charge in [0, 0.05) is 17.1 Å². The highest BCUT2D eigenvalue weighted by Gasteiger charge is 2.25. The zero-order valence-electron chi connectivity index (χ0n) is 17.4. The Hall–Kier alpha value is -2.45. The number of thiophene rings is 1. The molecule has 1 atom stereocenters. The molecule has 0 bridgehead atoms. The zero-order valence-corrected chi connectivity index (χ0v) is 19.0. The number of aromatic nitrogens is 4. The molecular formula is C23H23N5OS2. The topological polar surface area (TPSA) is 63.4 Å². The van der Waals surface area contributed by atoms with E-state index in [1.807, 2.05) is 33.8 Å². The maximum atomic E-state index is 13.0. The predicted molar refractivity (Wildman–Crippen MR) is 125 cm³/mol. The van der Waals surface area contributed by atoms with Gasteiger partial charge < -0.3 is 4.90 Å². The number of para-hydroxylation sites is 1. The van der Waals surface area contributed by atoms with Gasteiger partial charge in [0.05, 0.1) is 11.1 Å². The number of nitrogens with zero attached hydrogens (tertiary/aromatic N) is 5. The maximum Gasteiger partial charge on any atom is 0.237 e. The number of hydrogen-bond donors (Lipinski definition) is 0. The molecule has 0 saturated heterocycles. The maximum absolute atomic E-state index is 13.0. The molecule has 1 aromatic carbocycles. The molecule has 3 aromatic heterocycles. The second kappa shape index (κ2) is 7.60. The zero-order chi connectivity index (χ0) is 20.9. The van der Waals surface area contributed by atoms with Gasteiger partial charge in [0.15, 0.2) is 10.8 Å². The number of hydrogen-bond acceptors (Lipinski definition) is 6. The van der Waals surface area contributed by atoms with E-state index < -0.39 is 0 Å². The smallest absolute Gasteiger partial charge is 0.237 e. The van der Waals surface area contributed by atoms with E-state index in [1.54, 1.807) is 11.3 Å². The van der Waals surface area contributed by atoms with Crippen molar-refractivity contribution in [3.8, 4) is 0 Å². The third-order valence-electron chi connectivity index (χ3n) is 6.41. The van der Waals surface area contributed by atoms with Gasteiger partial charge in [-0.15, -0.1) is 21.5 Å². The minimum atomic E-state index is 0.116. The van der Waals surface area contributed by atoms with E-state index in [9.17, 15) is 4.79 Å². The van der Waals surface area contributed by atoms with Gasteiger partial charge in [-0.25, -0.2) is 4.98 Å². The number of carbonyl (C=O) groups excluding carboxylic acids is 1. The molecule has 8 heteroatoms. The van der Waals surface area contributed by atoms with Crippen molar-refractivity contribution < 1.29 is 4.79 Å². The Bertz CT molecular complexity index is 1310. The summed E-state index contributed by atoms with van der Waals surface area (Å²) in [6, 6.07) is 8.21. The van der Waals surface area contributed by atoms with Crippen molar-refractivity contribution in [2.45, 2.75) is 44.2 Å². The van der Waals surface area contributed by atoms with Crippen LogP contribution in [0.1, 0.15) is 35.8 Å². The lowest BCUT2D eigenvalue weighted by molar-refractivity contribution is -0.116. The number of amides is 1. The van der Waals surface area contributed by atoms with Gasteiger partial charge in [-0.1, -0.05) is 36.9 Å². The second-order valence-corrected chi connectivity index (χ2v) is 10.5. The number of carbonyl (C=O) groups is 1. The molecule has 2 aliphatic rings. The predicted octanol–water partition coefficient (Wildman–Crippen LogP) is 4.54. The Kier molecular flexibility index (Phi) is 4.72. The summed E-state index contributed by atoms with van der Waals surface area (Å²) in [7, 11) is 0. The fourth-order valence-electron chi connectivity index (χ4n) is 4.81. The van der Waals surface area contributed by atoms with Crippen LogP contribution in [0, 0.1) is 5.92 Å². The van der Waals surface area contributed by atoms with Crippen molar-refractivity contribution in [3.05, 3.63) is 46.6 Å². The van der Waals surface area contributed by atoms with Gasteiger partial charge in [0.25, 0.3) is 0 Å². The summed E-state index contributed by atoms with van der Waals surface area (Å²) in [5.41, 5.74) is 4.58. The summed E-state index contributed by atoms with van der Waals surface area (Å²) < 4.78 is 1.95. The number of anilines is 1. The Balaban J connectivity index is 1.28. The molecule has 0 spiro atoms. The van der Waals surface area contributed by atoms with Crippen molar-refractivity contribution in [1.82, 2.24) is 19.6 Å². The molecule has 0 fully saturated rings. The lowest BCUT2D eigenvalue weighted by Gasteiger charge is -2.29. The molecule has 0 radical (unpaired) electrons. The molecule has 158 valence electrons. The Morgan fingerprint density at radius 3 is 3.10 bits per heavy atom. The van der Waals surface area contributed by atoms with E-state index in [-0.39, 0.29) is 5.91 Å². The molecule has 6 rings (SSSR count). The van der Waals surface area contributed by atoms with Crippen LogP contribution in [0.3, 0.4) is 0 Å². The molecule has 4 heterocycles. The molecule has 1 amide bonds.